The van der Waals surface area contributed by atoms with E-state index in [4.69, 9.17) is 4.74 Å². The quantitative estimate of drug-likeness (QED) is 0.115. The molecule has 36 heavy (non-hydrogen) atoms. The summed E-state index contributed by atoms with van der Waals surface area (Å²) in [6.07, 6.45) is 0.881. The summed E-state index contributed by atoms with van der Waals surface area (Å²) >= 11 is 3.56. The SMILES string of the molecule is CCCOc1ccc(/C(O)=C2\C(=O)C(=O)N(c3nc4ccc(C)cc4s3)C2c2ccc(I)cc2)cc1. The van der Waals surface area contributed by atoms with Gasteiger partial charge in [0.2, 0.25) is 0 Å². The van der Waals surface area contributed by atoms with Crippen molar-refractivity contribution in [3.8, 4) is 5.75 Å². The molecule has 0 aliphatic carbocycles. The van der Waals surface area contributed by atoms with Crippen LogP contribution in [0, 0.1) is 10.5 Å². The van der Waals surface area contributed by atoms with Gasteiger partial charge in [0.05, 0.1) is 28.4 Å². The van der Waals surface area contributed by atoms with Crippen LogP contribution in [0.25, 0.3) is 16.0 Å². The number of fused-ring (bicyclic) bond motifs is 1. The summed E-state index contributed by atoms with van der Waals surface area (Å²) in [5, 5.41) is 11.7. The van der Waals surface area contributed by atoms with E-state index in [-0.39, 0.29) is 11.3 Å². The van der Waals surface area contributed by atoms with Gasteiger partial charge in [-0.2, -0.15) is 0 Å². The van der Waals surface area contributed by atoms with E-state index in [1.165, 1.54) is 16.2 Å². The van der Waals surface area contributed by atoms with Crippen LogP contribution in [0.5, 0.6) is 5.75 Å². The zero-order valence-electron chi connectivity index (χ0n) is 19.7. The number of anilines is 1. The van der Waals surface area contributed by atoms with E-state index in [2.05, 4.69) is 27.6 Å². The van der Waals surface area contributed by atoms with E-state index in [1.807, 2.05) is 56.3 Å². The Balaban J connectivity index is 1.65. The maximum absolute atomic E-state index is 13.4. The summed E-state index contributed by atoms with van der Waals surface area (Å²) in [4.78, 5) is 32.8. The lowest BCUT2D eigenvalue weighted by Gasteiger charge is -2.23. The Morgan fingerprint density at radius 2 is 1.81 bits per heavy atom. The highest BCUT2D eigenvalue weighted by Gasteiger charge is 2.48. The number of ketones is 1. The third kappa shape index (κ3) is 4.51. The van der Waals surface area contributed by atoms with Crippen LogP contribution in [0.15, 0.2) is 72.3 Å². The van der Waals surface area contributed by atoms with Gasteiger partial charge in [0.1, 0.15) is 11.5 Å². The van der Waals surface area contributed by atoms with Crippen molar-refractivity contribution in [2.24, 2.45) is 0 Å². The lowest BCUT2D eigenvalue weighted by atomic mass is 9.95. The Kier molecular flexibility index (Phi) is 6.81. The van der Waals surface area contributed by atoms with Crippen molar-refractivity contribution in [3.63, 3.8) is 0 Å². The van der Waals surface area contributed by atoms with Gasteiger partial charge in [-0.05, 0) is 95.6 Å². The Morgan fingerprint density at radius 3 is 2.50 bits per heavy atom. The second-order valence-electron chi connectivity index (χ2n) is 8.56. The Bertz CT molecular complexity index is 1490. The first kappa shape index (κ1) is 24.5. The number of halogens is 1. The van der Waals surface area contributed by atoms with E-state index < -0.39 is 17.7 Å². The van der Waals surface area contributed by atoms with Gasteiger partial charge in [-0.3, -0.25) is 14.5 Å². The molecule has 1 atom stereocenters. The molecule has 1 fully saturated rings. The van der Waals surface area contributed by atoms with E-state index in [1.54, 1.807) is 24.3 Å². The number of carbonyl (C=O) groups is 2. The van der Waals surface area contributed by atoms with Crippen LogP contribution in [0.4, 0.5) is 5.13 Å². The van der Waals surface area contributed by atoms with Crippen molar-refractivity contribution < 1.29 is 19.4 Å². The topological polar surface area (TPSA) is 79.7 Å². The molecule has 1 aromatic heterocycles. The summed E-state index contributed by atoms with van der Waals surface area (Å²) in [5.41, 5.74) is 3.03. The molecule has 1 aliphatic rings. The predicted octanol–water partition coefficient (Wildman–Crippen LogP) is 6.62. The monoisotopic (exact) mass is 610 g/mol. The van der Waals surface area contributed by atoms with Gasteiger partial charge in [-0.1, -0.05) is 36.5 Å². The van der Waals surface area contributed by atoms with E-state index in [0.717, 1.165) is 31.3 Å². The zero-order chi connectivity index (χ0) is 25.4. The molecule has 1 amide bonds. The van der Waals surface area contributed by atoms with Crippen LogP contribution in [0.2, 0.25) is 0 Å². The van der Waals surface area contributed by atoms with Crippen molar-refractivity contribution in [3.05, 3.63) is 92.6 Å². The van der Waals surface area contributed by atoms with Gasteiger partial charge in [0, 0.05) is 9.13 Å². The van der Waals surface area contributed by atoms with Crippen LogP contribution in [0.3, 0.4) is 0 Å². The van der Waals surface area contributed by atoms with Gasteiger partial charge in [0.25, 0.3) is 5.78 Å². The maximum atomic E-state index is 13.4. The van der Waals surface area contributed by atoms with Crippen molar-refractivity contribution in [2.75, 3.05) is 11.5 Å². The number of benzene rings is 3. The molecule has 1 aliphatic heterocycles. The fourth-order valence-corrected chi connectivity index (χ4v) is 5.65. The first-order valence-corrected chi connectivity index (χ1v) is 13.4. The molecule has 0 radical (unpaired) electrons. The standard InChI is InChI=1S/C28H23IN2O4S/c1-3-14-35-20-11-7-18(8-12-20)25(32)23-24(17-5-9-19(29)10-6-17)31(27(34)26(23)33)28-30-21-13-4-16(2)15-22(21)36-28/h4-13,15,24,32H,3,14H2,1-2H3/b25-23+. The third-order valence-electron chi connectivity index (χ3n) is 5.97. The molecule has 3 aromatic carbocycles. The van der Waals surface area contributed by atoms with Crippen LogP contribution in [-0.2, 0) is 9.59 Å². The number of aryl methyl sites for hydroxylation is 1. The fraction of sp³-hybridized carbons (Fsp3) is 0.179. The van der Waals surface area contributed by atoms with Gasteiger partial charge >= 0.3 is 5.91 Å². The second kappa shape index (κ2) is 10.0. The fourth-order valence-electron chi connectivity index (χ4n) is 4.20. The maximum Gasteiger partial charge on any atom is 0.301 e. The number of hydrogen-bond acceptors (Lipinski definition) is 6. The van der Waals surface area contributed by atoms with Crippen molar-refractivity contribution in [1.29, 1.82) is 0 Å². The normalized spacial score (nSPS) is 17.2. The van der Waals surface area contributed by atoms with Crippen molar-refractivity contribution in [1.82, 2.24) is 4.98 Å². The Labute approximate surface area is 226 Å². The average molecular weight is 610 g/mol. The lowest BCUT2D eigenvalue weighted by molar-refractivity contribution is -0.132. The minimum absolute atomic E-state index is 0.0406. The van der Waals surface area contributed by atoms with Gasteiger partial charge in [0.15, 0.2) is 5.13 Å². The molecular formula is C28H23IN2O4S. The largest absolute Gasteiger partial charge is 0.507 e. The minimum Gasteiger partial charge on any atom is -0.507 e. The molecule has 0 bridgehead atoms. The van der Waals surface area contributed by atoms with Crippen LogP contribution < -0.4 is 9.64 Å². The number of Topliss-reactive ketones (excluding diaryl/α,β-unsaturated/α-hetero) is 1. The van der Waals surface area contributed by atoms with Crippen LogP contribution in [-0.4, -0.2) is 28.4 Å². The molecule has 0 spiro atoms. The molecule has 182 valence electrons. The first-order chi connectivity index (χ1) is 17.4. The molecule has 0 saturated carbocycles. The Morgan fingerprint density at radius 1 is 1.08 bits per heavy atom. The number of aliphatic hydroxyl groups is 1. The molecule has 1 unspecified atom stereocenters. The number of carbonyl (C=O) groups excluding carboxylic acids is 2. The number of aliphatic hydroxyl groups excluding tert-OH is 1. The van der Waals surface area contributed by atoms with Crippen molar-refractivity contribution in [2.45, 2.75) is 26.3 Å². The third-order valence-corrected chi connectivity index (χ3v) is 7.71. The molecule has 1 saturated heterocycles. The lowest BCUT2D eigenvalue weighted by Crippen LogP contribution is -2.29. The molecule has 1 N–H and O–H groups in total. The number of amides is 1. The summed E-state index contributed by atoms with van der Waals surface area (Å²) in [5.74, 6) is -0.997. The van der Waals surface area contributed by atoms with Crippen molar-refractivity contribution >= 4 is 66.7 Å². The van der Waals surface area contributed by atoms with Gasteiger partial charge < -0.3 is 9.84 Å². The second-order valence-corrected chi connectivity index (χ2v) is 10.8. The highest BCUT2D eigenvalue weighted by atomic mass is 127. The zero-order valence-corrected chi connectivity index (χ0v) is 22.7. The van der Waals surface area contributed by atoms with E-state index in [9.17, 15) is 14.7 Å². The molecular weight excluding hydrogens is 587 g/mol. The molecule has 5 rings (SSSR count). The number of ether oxygens (including phenoxy) is 1. The van der Waals surface area contributed by atoms with E-state index >= 15 is 0 Å². The van der Waals surface area contributed by atoms with E-state index in [0.29, 0.717) is 23.1 Å². The summed E-state index contributed by atoms with van der Waals surface area (Å²) < 4.78 is 7.58. The average Bonchev–Trinajstić information content (AvgIpc) is 3.40. The van der Waals surface area contributed by atoms with Gasteiger partial charge in [-0.25, -0.2) is 4.98 Å². The Hall–Kier alpha value is -3.24. The number of rotatable bonds is 6. The molecule has 2 heterocycles. The number of hydrogen-bond donors (Lipinski definition) is 1. The first-order valence-electron chi connectivity index (χ1n) is 11.5. The number of aromatic nitrogens is 1. The molecule has 8 heteroatoms. The number of nitrogens with zero attached hydrogens (tertiary/aromatic N) is 2. The number of thiazole rings is 1. The minimum atomic E-state index is -0.806. The van der Waals surface area contributed by atoms with Crippen LogP contribution in [0.1, 0.15) is 36.1 Å². The highest BCUT2D eigenvalue weighted by molar-refractivity contribution is 14.1. The summed E-state index contributed by atoms with van der Waals surface area (Å²) in [6, 6.07) is 19.5. The smallest absolute Gasteiger partial charge is 0.301 e. The summed E-state index contributed by atoms with van der Waals surface area (Å²) in [6.45, 7) is 4.61. The molecule has 6 nitrogen and oxygen atoms in total. The predicted molar refractivity (Wildman–Crippen MR) is 151 cm³/mol. The summed E-state index contributed by atoms with van der Waals surface area (Å²) in [7, 11) is 0. The molecule has 4 aromatic rings. The van der Waals surface area contributed by atoms with Gasteiger partial charge in [-0.15, -0.1) is 0 Å². The highest BCUT2D eigenvalue weighted by Crippen LogP contribution is 2.44. The van der Waals surface area contributed by atoms with Crippen LogP contribution >= 0.6 is 33.9 Å².